The molecule has 0 fully saturated rings. The first kappa shape index (κ1) is 15.8. The Kier molecular flexibility index (Phi) is 5.37. The molecule has 0 aliphatic rings. The number of nitrogens with zero attached hydrogens (tertiary/aromatic N) is 1. The second-order valence-corrected chi connectivity index (χ2v) is 5.07. The average Bonchev–Trinajstić information content (AvgIpc) is 3.08. The molecule has 0 bridgehead atoms. The zero-order chi connectivity index (χ0) is 15.9. The van der Waals surface area contributed by atoms with Gasteiger partial charge in [-0.25, -0.2) is 5.43 Å². The van der Waals surface area contributed by atoms with E-state index < -0.39 is 0 Å². The number of hydrogen-bond acceptors (Lipinski definition) is 6. The SMILES string of the molecule is COc1cc(OC)c(OC)cc1/C=N/NC(=O)c1cccs1. The molecule has 7 heteroatoms. The first-order valence-corrected chi connectivity index (χ1v) is 7.24. The first-order chi connectivity index (χ1) is 10.7. The summed E-state index contributed by atoms with van der Waals surface area (Å²) in [4.78, 5) is 12.4. The Balaban J connectivity index is 2.17. The maximum absolute atomic E-state index is 11.8. The van der Waals surface area contributed by atoms with Crippen LogP contribution in [-0.2, 0) is 0 Å². The van der Waals surface area contributed by atoms with E-state index in [9.17, 15) is 4.79 Å². The topological polar surface area (TPSA) is 69.2 Å². The van der Waals surface area contributed by atoms with Gasteiger partial charge in [0, 0.05) is 11.6 Å². The zero-order valence-corrected chi connectivity index (χ0v) is 13.3. The molecule has 2 aromatic rings. The molecular weight excluding hydrogens is 304 g/mol. The van der Waals surface area contributed by atoms with E-state index in [1.807, 2.05) is 5.38 Å². The van der Waals surface area contributed by atoms with Crippen LogP contribution in [0.2, 0.25) is 0 Å². The van der Waals surface area contributed by atoms with Crippen LogP contribution in [0.3, 0.4) is 0 Å². The van der Waals surface area contributed by atoms with Gasteiger partial charge in [-0.1, -0.05) is 6.07 Å². The summed E-state index contributed by atoms with van der Waals surface area (Å²) in [7, 11) is 4.64. The number of nitrogens with one attached hydrogen (secondary N) is 1. The molecule has 0 saturated heterocycles. The third-order valence-electron chi connectivity index (χ3n) is 2.85. The minimum absolute atomic E-state index is 0.259. The molecule has 0 aliphatic carbocycles. The highest BCUT2D eigenvalue weighted by Gasteiger charge is 2.10. The number of hydrazone groups is 1. The summed E-state index contributed by atoms with van der Waals surface area (Å²) in [5.41, 5.74) is 3.12. The molecule has 0 atom stereocenters. The second-order valence-electron chi connectivity index (χ2n) is 4.13. The van der Waals surface area contributed by atoms with Gasteiger partial charge < -0.3 is 14.2 Å². The van der Waals surface area contributed by atoms with E-state index in [-0.39, 0.29) is 5.91 Å². The molecule has 0 unspecified atom stereocenters. The van der Waals surface area contributed by atoms with Gasteiger partial charge in [-0.2, -0.15) is 5.10 Å². The quantitative estimate of drug-likeness (QED) is 0.656. The lowest BCUT2D eigenvalue weighted by molar-refractivity contribution is 0.0959. The van der Waals surface area contributed by atoms with Gasteiger partial charge in [-0.05, 0) is 17.5 Å². The highest BCUT2D eigenvalue weighted by Crippen LogP contribution is 2.33. The predicted octanol–water partition coefficient (Wildman–Crippen LogP) is 2.54. The summed E-state index contributed by atoms with van der Waals surface area (Å²) < 4.78 is 15.7. The molecule has 116 valence electrons. The van der Waals surface area contributed by atoms with Crippen LogP contribution < -0.4 is 19.6 Å². The molecule has 0 spiro atoms. The monoisotopic (exact) mass is 320 g/mol. The van der Waals surface area contributed by atoms with Gasteiger partial charge in [0.1, 0.15) is 5.75 Å². The van der Waals surface area contributed by atoms with E-state index in [0.717, 1.165) is 0 Å². The van der Waals surface area contributed by atoms with E-state index in [1.165, 1.54) is 17.6 Å². The number of methoxy groups -OCH3 is 3. The van der Waals surface area contributed by atoms with Crippen molar-refractivity contribution in [2.24, 2.45) is 5.10 Å². The van der Waals surface area contributed by atoms with Crippen molar-refractivity contribution in [3.8, 4) is 17.2 Å². The van der Waals surface area contributed by atoms with Crippen LogP contribution in [0.1, 0.15) is 15.2 Å². The second kappa shape index (κ2) is 7.46. The molecule has 1 heterocycles. The minimum Gasteiger partial charge on any atom is -0.496 e. The lowest BCUT2D eigenvalue weighted by Crippen LogP contribution is -2.16. The smallest absolute Gasteiger partial charge is 0.281 e. The molecular formula is C15H16N2O4S. The minimum atomic E-state index is -0.259. The third kappa shape index (κ3) is 3.56. The van der Waals surface area contributed by atoms with Gasteiger partial charge in [0.25, 0.3) is 5.91 Å². The van der Waals surface area contributed by atoms with Crippen LogP contribution in [0.5, 0.6) is 17.2 Å². The summed E-state index contributed by atoms with van der Waals surface area (Å²) in [6.07, 6.45) is 1.49. The van der Waals surface area contributed by atoms with E-state index in [2.05, 4.69) is 10.5 Å². The summed E-state index contributed by atoms with van der Waals surface area (Å²) in [5.74, 6) is 1.41. The van der Waals surface area contributed by atoms with Crippen molar-refractivity contribution < 1.29 is 19.0 Å². The highest BCUT2D eigenvalue weighted by atomic mass is 32.1. The van der Waals surface area contributed by atoms with Crippen molar-refractivity contribution in [2.45, 2.75) is 0 Å². The molecule has 1 aromatic carbocycles. The lowest BCUT2D eigenvalue weighted by Gasteiger charge is -2.11. The Bertz CT molecular complexity index is 668. The average molecular weight is 320 g/mol. The van der Waals surface area contributed by atoms with Crippen molar-refractivity contribution in [3.63, 3.8) is 0 Å². The van der Waals surface area contributed by atoms with Gasteiger partial charge in [-0.15, -0.1) is 11.3 Å². The largest absolute Gasteiger partial charge is 0.496 e. The molecule has 1 amide bonds. The van der Waals surface area contributed by atoms with E-state index in [1.54, 1.807) is 45.6 Å². The summed E-state index contributed by atoms with van der Waals surface area (Å²) >= 11 is 1.35. The highest BCUT2D eigenvalue weighted by molar-refractivity contribution is 7.12. The van der Waals surface area contributed by atoms with Gasteiger partial charge in [-0.3, -0.25) is 4.79 Å². The zero-order valence-electron chi connectivity index (χ0n) is 12.5. The number of rotatable bonds is 6. The van der Waals surface area contributed by atoms with Crippen LogP contribution in [0.4, 0.5) is 0 Å². The Labute approximate surface area is 132 Å². The molecule has 22 heavy (non-hydrogen) atoms. The normalized spacial score (nSPS) is 10.5. The van der Waals surface area contributed by atoms with Crippen LogP contribution >= 0.6 is 11.3 Å². The van der Waals surface area contributed by atoms with Gasteiger partial charge >= 0.3 is 0 Å². The van der Waals surface area contributed by atoms with Crippen molar-refractivity contribution in [3.05, 3.63) is 40.1 Å². The van der Waals surface area contributed by atoms with E-state index in [4.69, 9.17) is 14.2 Å². The summed E-state index contributed by atoms with van der Waals surface area (Å²) in [6.45, 7) is 0. The maximum atomic E-state index is 11.8. The number of benzene rings is 1. The van der Waals surface area contributed by atoms with Crippen LogP contribution in [-0.4, -0.2) is 33.5 Å². The molecule has 0 aliphatic heterocycles. The number of thiophene rings is 1. The standard InChI is InChI=1S/C15H16N2O4S/c1-19-11-8-13(21-3)12(20-2)7-10(11)9-16-17-15(18)14-5-4-6-22-14/h4-9H,1-3H3,(H,17,18)/b16-9+. The van der Waals surface area contributed by atoms with Gasteiger partial charge in [0.05, 0.1) is 32.4 Å². The number of carbonyl (C=O) groups is 1. The number of hydrogen-bond donors (Lipinski definition) is 1. The third-order valence-corrected chi connectivity index (χ3v) is 3.72. The number of amides is 1. The number of ether oxygens (including phenoxy) is 3. The Morgan fingerprint density at radius 3 is 2.41 bits per heavy atom. The Hall–Kier alpha value is -2.54. The van der Waals surface area contributed by atoms with Crippen molar-refractivity contribution in [1.82, 2.24) is 5.43 Å². The predicted molar refractivity (Wildman–Crippen MR) is 85.5 cm³/mol. The maximum Gasteiger partial charge on any atom is 0.281 e. The molecule has 1 N–H and O–H groups in total. The Morgan fingerprint density at radius 2 is 1.82 bits per heavy atom. The van der Waals surface area contributed by atoms with Crippen molar-refractivity contribution in [2.75, 3.05) is 21.3 Å². The molecule has 1 aromatic heterocycles. The van der Waals surface area contributed by atoms with Crippen molar-refractivity contribution in [1.29, 1.82) is 0 Å². The Morgan fingerprint density at radius 1 is 1.14 bits per heavy atom. The lowest BCUT2D eigenvalue weighted by atomic mass is 10.2. The van der Waals surface area contributed by atoms with Gasteiger partial charge in [0.15, 0.2) is 11.5 Å². The molecule has 0 radical (unpaired) electrons. The molecule has 0 saturated carbocycles. The van der Waals surface area contributed by atoms with Gasteiger partial charge in [0.2, 0.25) is 0 Å². The van der Waals surface area contributed by atoms with E-state index >= 15 is 0 Å². The van der Waals surface area contributed by atoms with Crippen LogP contribution in [0, 0.1) is 0 Å². The summed E-state index contributed by atoms with van der Waals surface area (Å²) in [6, 6.07) is 6.95. The fourth-order valence-corrected chi connectivity index (χ4v) is 2.39. The molecule has 2 rings (SSSR count). The number of carbonyl (C=O) groups excluding carboxylic acids is 1. The van der Waals surface area contributed by atoms with E-state index in [0.29, 0.717) is 27.7 Å². The fourth-order valence-electron chi connectivity index (χ4n) is 1.78. The fraction of sp³-hybridized carbons (Fsp3) is 0.200. The summed E-state index contributed by atoms with van der Waals surface area (Å²) in [5, 5.41) is 5.77. The first-order valence-electron chi connectivity index (χ1n) is 6.36. The van der Waals surface area contributed by atoms with Crippen LogP contribution in [0.25, 0.3) is 0 Å². The van der Waals surface area contributed by atoms with Crippen molar-refractivity contribution >= 4 is 23.5 Å². The molecule has 6 nitrogen and oxygen atoms in total. The van der Waals surface area contributed by atoms with Crippen LogP contribution in [0.15, 0.2) is 34.7 Å².